The van der Waals surface area contributed by atoms with Crippen molar-refractivity contribution in [1.29, 1.82) is 0 Å². The predicted octanol–water partition coefficient (Wildman–Crippen LogP) is 2.24. The minimum absolute atomic E-state index is 0.0197. The molecule has 0 unspecified atom stereocenters. The van der Waals surface area contributed by atoms with Gasteiger partial charge in [-0.15, -0.1) is 0 Å². The van der Waals surface area contributed by atoms with Crippen molar-refractivity contribution in [1.82, 2.24) is 14.6 Å². The molecule has 1 aliphatic heterocycles. The van der Waals surface area contributed by atoms with Crippen LogP contribution in [0.1, 0.15) is 24.8 Å². The van der Waals surface area contributed by atoms with E-state index in [1.807, 2.05) is 24.3 Å². The van der Waals surface area contributed by atoms with Gasteiger partial charge in [-0.25, -0.2) is 8.42 Å². The fourth-order valence-corrected chi connectivity index (χ4v) is 4.83. The number of methoxy groups -OCH3 is 1. The summed E-state index contributed by atoms with van der Waals surface area (Å²) < 4.78 is 31.9. The number of aryl methyl sites for hydroxylation is 1. The molecule has 0 radical (unpaired) electrons. The minimum Gasteiger partial charge on any atom is -0.497 e. The molecule has 3 rings (SSSR count). The van der Waals surface area contributed by atoms with Crippen molar-refractivity contribution in [3.63, 3.8) is 0 Å². The van der Waals surface area contributed by atoms with Gasteiger partial charge in [0, 0.05) is 38.4 Å². The van der Waals surface area contributed by atoms with Crippen LogP contribution in [0.4, 0.5) is 0 Å². The highest BCUT2D eigenvalue weighted by molar-refractivity contribution is 7.89. The largest absolute Gasteiger partial charge is 0.497 e. The van der Waals surface area contributed by atoms with Crippen LogP contribution in [-0.2, 0) is 21.2 Å². The van der Waals surface area contributed by atoms with Gasteiger partial charge in [-0.2, -0.15) is 4.31 Å². The Labute approximate surface area is 172 Å². The van der Waals surface area contributed by atoms with E-state index < -0.39 is 10.0 Å². The maximum absolute atomic E-state index is 12.6. The van der Waals surface area contributed by atoms with Gasteiger partial charge in [0.2, 0.25) is 15.9 Å². The highest BCUT2D eigenvalue weighted by Crippen LogP contribution is 2.23. The van der Waals surface area contributed by atoms with Gasteiger partial charge < -0.3 is 10.1 Å². The molecule has 0 saturated carbocycles. The van der Waals surface area contributed by atoms with Crippen LogP contribution in [0.25, 0.3) is 0 Å². The number of nitrogens with zero attached hydrogens (tertiary/aromatic N) is 2. The average molecular weight is 418 g/mol. The maximum Gasteiger partial charge on any atom is 0.244 e. The SMILES string of the molecule is COc1ccc(CCC(=O)NCC2CCN(S(=O)(=O)c3cccnc3)CC2)cc1. The summed E-state index contributed by atoms with van der Waals surface area (Å²) in [4.78, 5) is 16.3. The van der Waals surface area contributed by atoms with Gasteiger partial charge in [-0.1, -0.05) is 12.1 Å². The number of hydrogen-bond acceptors (Lipinski definition) is 5. The van der Waals surface area contributed by atoms with Crippen LogP contribution in [0, 0.1) is 5.92 Å². The van der Waals surface area contributed by atoms with E-state index in [0.717, 1.165) is 24.2 Å². The third-order valence-corrected chi connectivity index (χ3v) is 7.12. The standard InChI is InChI=1S/C21H27N3O4S/c1-28-19-7-4-17(5-8-19)6-9-21(25)23-15-18-10-13-24(14-11-18)29(26,27)20-3-2-12-22-16-20/h2-5,7-8,12,16,18H,6,9-11,13-15H2,1H3,(H,23,25). The van der Waals surface area contributed by atoms with Crippen LogP contribution in [0.5, 0.6) is 5.75 Å². The Morgan fingerprint density at radius 2 is 1.93 bits per heavy atom. The molecular formula is C21H27N3O4S. The third kappa shape index (κ3) is 5.77. The van der Waals surface area contributed by atoms with Gasteiger partial charge in [0.1, 0.15) is 10.6 Å². The van der Waals surface area contributed by atoms with E-state index in [1.165, 1.54) is 10.5 Å². The molecule has 0 atom stereocenters. The first-order valence-corrected chi connectivity index (χ1v) is 11.2. The molecule has 1 aliphatic rings. The Morgan fingerprint density at radius 1 is 1.21 bits per heavy atom. The molecule has 0 aliphatic carbocycles. The second kappa shape index (κ2) is 9.84. The van der Waals surface area contributed by atoms with Crippen molar-refractivity contribution in [3.8, 4) is 5.75 Å². The lowest BCUT2D eigenvalue weighted by molar-refractivity contribution is -0.121. The number of pyridine rings is 1. The molecule has 8 heteroatoms. The zero-order valence-electron chi connectivity index (χ0n) is 16.6. The number of carbonyl (C=O) groups excluding carboxylic acids is 1. The molecule has 1 aromatic carbocycles. The Kier molecular flexibility index (Phi) is 7.22. The lowest BCUT2D eigenvalue weighted by Gasteiger charge is -2.31. The number of hydrogen-bond donors (Lipinski definition) is 1. The molecule has 1 amide bonds. The number of aromatic nitrogens is 1. The lowest BCUT2D eigenvalue weighted by atomic mass is 9.98. The molecule has 1 saturated heterocycles. The Hall–Kier alpha value is -2.45. The zero-order valence-corrected chi connectivity index (χ0v) is 17.4. The first-order valence-electron chi connectivity index (χ1n) is 9.79. The van der Waals surface area contributed by atoms with Gasteiger partial charge in [0.15, 0.2) is 0 Å². The van der Waals surface area contributed by atoms with E-state index in [0.29, 0.717) is 38.4 Å². The summed E-state index contributed by atoms with van der Waals surface area (Å²) in [5.74, 6) is 1.11. The van der Waals surface area contributed by atoms with E-state index in [2.05, 4.69) is 10.3 Å². The molecule has 7 nitrogen and oxygen atoms in total. The second-order valence-corrected chi connectivity index (χ2v) is 9.13. The van der Waals surface area contributed by atoms with Crippen LogP contribution in [0.3, 0.4) is 0 Å². The summed E-state index contributed by atoms with van der Waals surface area (Å²) in [6, 6.07) is 10.9. The number of rotatable bonds is 8. The molecular weight excluding hydrogens is 390 g/mol. The number of amides is 1. The van der Waals surface area contributed by atoms with E-state index in [-0.39, 0.29) is 10.8 Å². The smallest absolute Gasteiger partial charge is 0.244 e. The second-order valence-electron chi connectivity index (χ2n) is 7.19. The number of ether oxygens (including phenoxy) is 1. The fraction of sp³-hybridized carbons (Fsp3) is 0.429. The van der Waals surface area contributed by atoms with Crippen molar-refractivity contribution in [3.05, 3.63) is 54.4 Å². The van der Waals surface area contributed by atoms with Crippen molar-refractivity contribution in [2.45, 2.75) is 30.6 Å². The average Bonchev–Trinajstić information content (AvgIpc) is 2.77. The number of piperidine rings is 1. The first-order chi connectivity index (χ1) is 14.0. The van der Waals surface area contributed by atoms with Gasteiger partial charge in [0.25, 0.3) is 0 Å². The maximum atomic E-state index is 12.6. The number of carbonyl (C=O) groups is 1. The van der Waals surface area contributed by atoms with Gasteiger partial charge in [0.05, 0.1) is 7.11 Å². The molecule has 29 heavy (non-hydrogen) atoms. The van der Waals surface area contributed by atoms with Crippen LogP contribution in [0.2, 0.25) is 0 Å². The molecule has 1 aromatic heterocycles. The summed E-state index contributed by atoms with van der Waals surface area (Å²) in [7, 11) is -1.86. The van der Waals surface area contributed by atoms with E-state index in [1.54, 1.807) is 25.4 Å². The lowest BCUT2D eigenvalue weighted by Crippen LogP contribution is -2.41. The van der Waals surface area contributed by atoms with Gasteiger partial charge in [-0.05, 0) is 55.0 Å². The predicted molar refractivity (Wildman–Crippen MR) is 110 cm³/mol. The highest BCUT2D eigenvalue weighted by Gasteiger charge is 2.29. The Morgan fingerprint density at radius 3 is 2.55 bits per heavy atom. The third-order valence-electron chi connectivity index (χ3n) is 5.23. The zero-order chi connectivity index (χ0) is 20.7. The van der Waals surface area contributed by atoms with E-state index in [9.17, 15) is 13.2 Å². The van der Waals surface area contributed by atoms with Crippen LogP contribution >= 0.6 is 0 Å². The molecule has 1 fully saturated rings. The fourth-order valence-electron chi connectivity index (χ4n) is 3.40. The number of sulfonamides is 1. The summed E-state index contributed by atoms with van der Waals surface area (Å²) in [5, 5.41) is 2.99. The van der Waals surface area contributed by atoms with Crippen molar-refractivity contribution >= 4 is 15.9 Å². The summed E-state index contributed by atoms with van der Waals surface area (Å²) >= 11 is 0. The molecule has 156 valence electrons. The van der Waals surface area contributed by atoms with Crippen LogP contribution in [0.15, 0.2) is 53.7 Å². The molecule has 1 N–H and O–H groups in total. The topological polar surface area (TPSA) is 88.6 Å². The molecule has 0 spiro atoms. The van der Waals surface area contributed by atoms with Crippen LogP contribution in [-0.4, -0.2) is 50.4 Å². The normalized spacial score (nSPS) is 15.8. The summed E-state index contributed by atoms with van der Waals surface area (Å²) in [6.45, 7) is 1.51. The summed E-state index contributed by atoms with van der Waals surface area (Å²) in [5.41, 5.74) is 1.09. The Bertz CT molecular complexity index is 893. The number of nitrogens with one attached hydrogen (secondary N) is 1. The monoisotopic (exact) mass is 417 g/mol. The Balaban J connectivity index is 1.40. The molecule has 2 aromatic rings. The quantitative estimate of drug-likeness (QED) is 0.712. The van der Waals surface area contributed by atoms with Gasteiger partial charge in [-0.3, -0.25) is 9.78 Å². The number of benzene rings is 1. The van der Waals surface area contributed by atoms with Crippen molar-refractivity contribution < 1.29 is 17.9 Å². The highest BCUT2D eigenvalue weighted by atomic mass is 32.2. The molecule has 2 heterocycles. The van der Waals surface area contributed by atoms with Crippen molar-refractivity contribution in [2.75, 3.05) is 26.7 Å². The summed E-state index contributed by atoms with van der Waals surface area (Å²) in [6.07, 6.45) is 5.52. The van der Waals surface area contributed by atoms with Gasteiger partial charge >= 0.3 is 0 Å². The van der Waals surface area contributed by atoms with Crippen LogP contribution < -0.4 is 10.1 Å². The van der Waals surface area contributed by atoms with E-state index >= 15 is 0 Å². The minimum atomic E-state index is -3.49. The molecule has 0 bridgehead atoms. The van der Waals surface area contributed by atoms with E-state index in [4.69, 9.17) is 4.74 Å². The first kappa shape index (κ1) is 21.3. The van der Waals surface area contributed by atoms with Crippen molar-refractivity contribution in [2.24, 2.45) is 5.92 Å².